The minimum Gasteiger partial charge on any atom is -0.481 e. The van der Waals surface area contributed by atoms with Gasteiger partial charge in [0.05, 0.1) is 25.0 Å². The quantitative estimate of drug-likeness (QED) is 0.724. The predicted octanol–water partition coefficient (Wildman–Crippen LogP) is 0.909. The minimum atomic E-state index is -0.800. The van der Waals surface area contributed by atoms with Crippen LogP contribution in [0.4, 0.5) is 0 Å². The zero-order valence-corrected chi connectivity index (χ0v) is 14.2. The number of esters is 2. The second-order valence-electron chi connectivity index (χ2n) is 6.84. The fraction of sp³-hybridized carbons (Fsp3) is 0.824. The Bertz CT molecular complexity index is 525. The number of hydrogen-bond donors (Lipinski definition) is 1. The number of rotatable bonds is 5. The highest BCUT2D eigenvalue weighted by molar-refractivity contribution is 5.74. The van der Waals surface area contributed by atoms with Crippen LogP contribution in [0.25, 0.3) is 0 Å². The topological polar surface area (TPSA) is 108 Å². The van der Waals surface area contributed by atoms with Gasteiger partial charge in [-0.05, 0) is 25.7 Å². The van der Waals surface area contributed by atoms with Crippen molar-refractivity contribution in [2.24, 2.45) is 11.8 Å². The van der Waals surface area contributed by atoms with Gasteiger partial charge in [0.25, 0.3) is 0 Å². The first-order valence-electron chi connectivity index (χ1n) is 8.85. The Morgan fingerprint density at radius 3 is 1.96 bits per heavy atom. The van der Waals surface area contributed by atoms with Crippen molar-refractivity contribution in [3.05, 3.63) is 0 Å². The summed E-state index contributed by atoms with van der Waals surface area (Å²) < 4.78 is 22.1. The van der Waals surface area contributed by atoms with E-state index in [9.17, 15) is 14.4 Å². The maximum atomic E-state index is 12.4. The Morgan fingerprint density at radius 1 is 0.920 bits per heavy atom. The standard InChI is InChI=1S/C17H24O8/c1-2-13(18)24-11-7-22-15-12(8-23-14(11)15)25-17(21)10-5-3-9(4-6-10)16(19)20/h9-12,14-15H,2-8H2,1H3,(H,19,20)/t9?,10?,11?,12-,14+,15+/m0/s1. The van der Waals surface area contributed by atoms with Gasteiger partial charge in [0.1, 0.15) is 12.2 Å². The minimum absolute atomic E-state index is 0.214. The average molecular weight is 356 g/mol. The molecule has 0 aromatic heterocycles. The Balaban J connectivity index is 1.49. The SMILES string of the molecule is CCC(=O)OC1CO[C@@H]2[C@@H](OC(=O)C3CCC(C(=O)O)CC3)CO[C@H]12. The number of ether oxygens (including phenoxy) is 4. The summed E-state index contributed by atoms with van der Waals surface area (Å²) in [4.78, 5) is 34.8. The molecule has 1 saturated carbocycles. The van der Waals surface area contributed by atoms with E-state index in [0.717, 1.165) is 0 Å². The van der Waals surface area contributed by atoms with Crippen molar-refractivity contribution < 1.29 is 38.4 Å². The second kappa shape index (κ2) is 7.70. The lowest BCUT2D eigenvalue weighted by atomic mass is 9.82. The molecule has 140 valence electrons. The molecule has 25 heavy (non-hydrogen) atoms. The molecule has 4 atom stereocenters. The summed E-state index contributed by atoms with van der Waals surface area (Å²) in [5.74, 6) is -2.07. The number of fused-ring (bicyclic) bond motifs is 1. The summed E-state index contributed by atoms with van der Waals surface area (Å²) in [5, 5.41) is 9.02. The largest absolute Gasteiger partial charge is 0.481 e. The lowest BCUT2D eigenvalue weighted by molar-refractivity contribution is -0.161. The highest BCUT2D eigenvalue weighted by Gasteiger charge is 2.51. The van der Waals surface area contributed by atoms with E-state index >= 15 is 0 Å². The zero-order valence-electron chi connectivity index (χ0n) is 14.2. The maximum Gasteiger partial charge on any atom is 0.309 e. The fourth-order valence-corrected chi connectivity index (χ4v) is 3.70. The molecule has 8 nitrogen and oxygen atoms in total. The van der Waals surface area contributed by atoms with Gasteiger partial charge in [-0.25, -0.2) is 0 Å². The van der Waals surface area contributed by atoms with Gasteiger partial charge in [0.2, 0.25) is 0 Å². The van der Waals surface area contributed by atoms with Crippen molar-refractivity contribution in [2.75, 3.05) is 13.2 Å². The van der Waals surface area contributed by atoms with Crippen molar-refractivity contribution in [3.63, 3.8) is 0 Å². The molecule has 0 amide bonds. The lowest BCUT2D eigenvalue weighted by Crippen LogP contribution is -2.37. The van der Waals surface area contributed by atoms with E-state index in [1.807, 2.05) is 0 Å². The van der Waals surface area contributed by atoms with Gasteiger partial charge >= 0.3 is 17.9 Å². The summed E-state index contributed by atoms with van der Waals surface area (Å²) in [6.45, 7) is 2.17. The molecule has 3 aliphatic rings. The number of carbonyl (C=O) groups is 3. The smallest absolute Gasteiger partial charge is 0.309 e. The van der Waals surface area contributed by atoms with Gasteiger partial charge in [0, 0.05) is 6.42 Å². The van der Waals surface area contributed by atoms with E-state index in [4.69, 9.17) is 24.1 Å². The molecule has 1 unspecified atom stereocenters. The highest BCUT2D eigenvalue weighted by atomic mass is 16.7. The van der Waals surface area contributed by atoms with Crippen molar-refractivity contribution in [2.45, 2.75) is 63.4 Å². The molecule has 1 N–H and O–H groups in total. The average Bonchev–Trinajstić information content (AvgIpc) is 3.18. The molecule has 0 spiro atoms. The first kappa shape index (κ1) is 18.1. The van der Waals surface area contributed by atoms with Gasteiger partial charge in [-0.2, -0.15) is 0 Å². The first-order chi connectivity index (χ1) is 12.0. The maximum absolute atomic E-state index is 12.4. The van der Waals surface area contributed by atoms with Crippen LogP contribution in [-0.2, 0) is 33.3 Å². The highest BCUT2D eigenvalue weighted by Crippen LogP contribution is 2.33. The van der Waals surface area contributed by atoms with Crippen LogP contribution in [-0.4, -0.2) is 60.6 Å². The number of carbonyl (C=O) groups excluding carboxylic acids is 2. The van der Waals surface area contributed by atoms with Crippen LogP contribution < -0.4 is 0 Å². The van der Waals surface area contributed by atoms with Crippen molar-refractivity contribution in [1.82, 2.24) is 0 Å². The van der Waals surface area contributed by atoms with Gasteiger partial charge < -0.3 is 24.1 Å². The van der Waals surface area contributed by atoms with E-state index in [1.54, 1.807) is 6.92 Å². The third-order valence-electron chi connectivity index (χ3n) is 5.21. The summed E-state index contributed by atoms with van der Waals surface area (Å²) in [6.07, 6.45) is 0.508. The molecule has 2 aliphatic heterocycles. The third kappa shape index (κ3) is 3.95. The van der Waals surface area contributed by atoms with E-state index in [2.05, 4.69) is 0 Å². The van der Waals surface area contributed by atoms with E-state index in [-0.39, 0.29) is 43.4 Å². The Labute approximate surface area is 145 Å². The van der Waals surface area contributed by atoms with Crippen molar-refractivity contribution >= 4 is 17.9 Å². The Hall–Kier alpha value is -1.67. The molecule has 0 aromatic rings. The third-order valence-corrected chi connectivity index (χ3v) is 5.21. The van der Waals surface area contributed by atoms with E-state index in [1.165, 1.54) is 0 Å². The van der Waals surface area contributed by atoms with Crippen molar-refractivity contribution in [1.29, 1.82) is 0 Å². The molecule has 8 heteroatoms. The molecule has 3 rings (SSSR count). The van der Waals surface area contributed by atoms with Gasteiger partial charge in [-0.15, -0.1) is 0 Å². The summed E-state index contributed by atoms with van der Waals surface area (Å²) in [7, 11) is 0. The molecule has 0 aromatic carbocycles. The molecule has 2 saturated heterocycles. The molecular formula is C17H24O8. The van der Waals surface area contributed by atoms with Crippen molar-refractivity contribution in [3.8, 4) is 0 Å². The molecule has 0 radical (unpaired) electrons. The number of carboxylic acids is 1. The van der Waals surface area contributed by atoms with Crippen LogP contribution in [0.5, 0.6) is 0 Å². The lowest BCUT2D eigenvalue weighted by Gasteiger charge is -2.26. The van der Waals surface area contributed by atoms with Crippen LogP contribution >= 0.6 is 0 Å². The van der Waals surface area contributed by atoms with E-state index < -0.39 is 30.4 Å². The van der Waals surface area contributed by atoms with Crippen LogP contribution in [0.2, 0.25) is 0 Å². The van der Waals surface area contributed by atoms with Crippen LogP contribution in [0, 0.1) is 11.8 Å². The Morgan fingerprint density at radius 2 is 1.44 bits per heavy atom. The van der Waals surface area contributed by atoms with Crippen LogP contribution in [0.3, 0.4) is 0 Å². The summed E-state index contributed by atoms with van der Waals surface area (Å²) >= 11 is 0. The summed E-state index contributed by atoms with van der Waals surface area (Å²) in [6, 6.07) is 0. The number of hydrogen-bond acceptors (Lipinski definition) is 7. The fourth-order valence-electron chi connectivity index (χ4n) is 3.70. The van der Waals surface area contributed by atoms with E-state index in [0.29, 0.717) is 25.7 Å². The second-order valence-corrected chi connectivity index (χ2v) is 6.84. The Kier molecular flexibility index (Phi) is 5.58. The van der Waals surface area contributed by atoms with Gasteiger partial charge in [0.15, 0.2) is 12.2 Å². The van der Waals surface area contributed by atoms with Crippen LogP contribution in [0.1, 0.15) is 39.0 Å². The number of aliphatic carboxylic acids is 1. The van der Waals surface area contributed by atoms with Gasteiger partial charge in [-0.3, -0.25) is 14.4 Å². The zero-order chi connectivity index (χ0) is 18.0. The normalized spacial score (nSPS) is 37.3. The molecule has 3 fully saturated rings. The van der Waals surface area contributed by atoms with Crippen LogP contribution in [0.15, 0.2) is 0 Å². The molecular weight excluding hydrogens is 332 g/mol. The molecule has 2 heterocycles. The van der Waals surface area contributed by atoms with Gasteiger partial charge in [-0.1, -0.05) is 6.92 Å². The predicted molar refractivity (Wildman–Crippen MR) is 82.6 cm³/mol. The molecule has 0 bridgehead atoms. The summed E-state index contributed by atoms with van der Waals surface area (Å²) in [5.41, 5.74) is 0. The number of carboxylic acid groups (broad SMARTS) is 1. The first-order valence-corrected chi connectivity index (χ1v) is 8.85. The molecule has 1 aliphatic carbocycles. The monoisotopic (exact) mass is 356 g/mol.